The van der Waals surface area contributed by atoms with Crippen LogP contribution in [0.25, 0.3) is 10.9 Å². The molecule has 154 valence electrons. The Morgan fingerprint density at radius 1 is 1.20 bits per heavy atom. The summed E-state index contributed by atoms with van der Waals surface area (Å²) in [5.74, 6) is -1.73. The highest BCUT2D eigenvalue weighted by atomic mass is 35.5. The molecule has 0 aliphatic carbocycles. The van der Waals surface area contributed by atoms with E-state index in [0.29, 0.717) is 16.6 Å². The first-order chi connectivity index (χ1) is 14.3. The van der Waals surface area contributed by atoms with Crippen molar-refractivity contribution in [1.82, 2.24) is 24.3 Å². The van der Waals surface area contributed by atoms with E-state index in [4.69, 9.17) is 11.6 Å². The van der Waals surface area contributed by atoms with Gasteiger partial charge in [0.15, 0.2) is 0 Å². The molecule has 4 rings (SSSR count). The SMILES string of the molecule is C[C@H](n1cnc2cc(Cl)ccc2c1=O)[C@@](O)(Cn1cncn1)c1ccc(F)cc1F. The van der Waals surface area contributed by atoms with Gasteiger partial charge in [0.1, 0.15) is 29.9 Å². The maximum Gasteiger partial charge on any atom is 0.261 e. The van der Waals surface area contributed by atoms with Gasteiger partial charge >= 0.3 is 0 Å². The zero-order chi connectivity index (χ0) is 21.5. The molecule has 0 amide bonds. The largest absolute Gasteiger partial charge is 0.381 e. The minimum atomic E-state index is -1.98. The van der Waals surface area contributed by atoms with E-state index in [9.17, 15) is 18.7 Å². The Morgan fingerprint density at radius 2 is 2.00 bits per heavy atom. The molecule has 2 atom stereocenters. The van der Waals surface area contributed by atoms with Crippen molar-refractivity contribution >= 4 is 22.5 Å². The Balaban J connectivity index is 1.88. The van der Waals surface area contributed by atoms with Crippen molar-refractivity contribution < 1.29 is 13.9 Å². The summed E-state index contributed by atoms with van der Waals surface area (Å²) < 4.78 is 30.7. The molecule has 0 aliphatic heterocycles. The fraction of sp³-hybridized carbons (Fsp3) is 0.200. The Hall–Kier alpha value is -3.17. The molecule has 0 radical (unpaired) electrons. The number of rotatable bonds is 5. The van der Waals surface area contributed by atoms with E-state index < -0.39 is 28.8 Å². The second-order valence-corrected chi connectivity index (χ2v) is 7.37. The minimum absolute atomic E-state index is 0.185. The van der Waals surface area contributed by atoms with Crippen LogP contribution in [0.2, 0.25) is 5.02 Å². The number of aromatic nitrogens is 5. The highest BCUT2D eigenvalue weighted by molar-refractivity contribution is 6.31. The van der Waals surface area contributed by atoms with Gasteiger partial charge in [-0.15, -0.1) is 0 Å². The number of hydrogen-bond acceptors (Lipinski definition) is 5. The molecule has 0 saturated carbocycles. The highest BCUT2D eigenvalue weighted by Gasteiger charge is 2.41. The summed E-state index contributed by atoms with van der Waals surface area (Å²) >= 11 is 5.96. The van der Waals surface area contributed by atoms with Gasteiger partial charge < -0.3 is 5.11 Å². The zero-order valence-corrected chi connectivity index (χ0v) is 16.5. The molecule has 0 spiro atoms. The molecule has 2 aromatic carbocycles. The Bertz CT molecular complexity index is 1280. The number of fused-ring (bicyclic) bond motifs is 1. The van der Waals surface area contributed by atoms with Crippen molar-refractivity contribution in [3.8, 4) is 0 Å². The molecule has 7 nitrogen and oxygen atoms in total. The average molecular weight is 432 g/mol. The van der Waals surface area contributed by atoms with E-state index in [1.54, 1.807) is 19.1 Å². The second kappa shape index (κ2) is 7.58. The molecule has 4 aromatic rings. The molecular formula is C20H16ClF2N5O2. The third kappa shape index (κ3) is 3.46. The zero-order valence-electron chi connectivity index (χ0n) is 15.7. The predicted molar refractivity (Wildman–Crippen MR) is 106 cm³/mol. The van der Waals surface area contributed by atoms with E-state index in [0.717, 1.165) is 12.1 Å². The average Bonchev–Trinajstić information content (AvgIpc) is 3.20. The lowest BCUT2D eigenvalue weighted by atomic mass is 9.86. The molecule has 0 aliphatic rings. The van der Waals surface area contributed by atoms with Crippen LogP contribution >= 0.6 is 11.6 Å². The van der Waals surface area contributed by atoms with Gasteiger partial charge in [-0.05, 0) is 31.2 Å². The van der Waals surface area contributed by atoms with E-state index in [-0.39, 0.29) is 17.5 Å². The quantitative estimate of drug-likeness (QED) is 0.525. The lowest BCUT2D eigenvalue weighted by Gasteiger charge is -2.35. The maximum atomic E-state index is 14.7. The van der Waals surface area contributed by atoms with Crippen LogP contribution in [-0.2, 0) is 12.1 Å². The number of nitrogens with zero attached hydrogens (tertiary/aromatic N) is 5. The first kappa shape index (κ1) is 20.1. The minimum Gasteiger partial charge on any atom is -0.381 e. The van der Waals surface area contributed by atoms with Crippen LogP contribution in [0.1, 0.15) is 18.5 Å². The van der Waals surface area contributed by atoms with Crippen molar-refractivity contribution in [1.29, 1.82) is 0 Å². The van der Waals surface area contributed by atoms with Crippen LogP contribution in [0, 0.1) is 11.6 Å². The van der Waals surface area contributed by atoms with Crippen LogP contribution < -0.4 is 5.56 Å². The van der Waals surface area contributed by atoms with E-state index in [1.807, 2.05) is 0 Å². The smallest absolute Gasteiger partial charge is 0.261 e. The van der Waals surface area contributed by atoms with E-state index in [1.165, 1.54) is 34.3 Å². The molecule has 30 heavy (non-hydrogen) atoms. The number of hydrogen-bond donors (Lipinski definition) is 1. The molecular weight excluding hydrogens is 416 g/mol. The van der Waals surface area contributed by atoms with Crippen LogP contribution in [0.4, 0.5) is 8.78 Å². The van der Waals surface area contributed by atoms with Crippen molar-refractivity contribution in [3.63, 3.8) is 0 Å². The molecule has 10 heteroatoms. The van der Waals surface area contributed by atoms with Gasteiger partial charge in [0.2, 0.25) is 0 Å². The monoisotopic (exact) mass is 431 g/mol. The third-order valence-corrected chi connectivity index (χ3v) is 5.36. The molecule has 0 bridgehead atoms. The van der Waals surface area contributed by atoms with Gasteiger partial charge in [-0.3, -0.25) is 9.36 Å². The summed E-state index contributed by atoms with van der Waals surface area (Å²) in [6, 6.07) is 6.51. The Morgan fingerprint density at radius 3 is 2.70 bits per heavy atom. The number of halogens is 3. The molecule has 0 fully saturated rings. The summed E-state index contributed by atoms with van der Waals surface area (Å²) in [6.45, 7) is 1.31. The molecule has 0 unspecified atom stereocenters. The lowest BCUT2D eigenvalue weighted by molar-refractivity contribution is -0.0343. The molecule has 2 heterocycles. The lowest BCUT2D eigenvalue weighted by Crippen LogP contribution is -2.43. The van der Waals surface area contributed by atoms with E-state index in [2.05, 4.69) is 15.1 Å². The van der Waals surface area contributed by atoms with Gasteiger partial charge in [-0.2, -0.15) is 5.10 Å². The van der Waals surface area contributed by atoms with Crippen molar-refractivity contribution in [2.45, 2.75) is 25.1 Å². The van der Waals surface area contributed by atoms with Crippen LogP contribution in [-0.4, -0.2) is 29.4 Å². The van der Waals surface area contributed by atoms with Crippen LogP contribution in [0.3, 0.4) is 0 Å². The summed E-state index contributed by atoms with van der Waals surface area (Å²) in [5.41, 5.74) is -2.21. The number of aliphatic hydroxyl groups is 1. The van der Waals surface area contributed by atoms with Gasteiger partial charge in [0.25, 0.3) is 5.56 Å². The van der Waals surface area contributed by atoms with Crippen molar-refractivity contribution in [3.05, 3.63) is 88.0 Å². The Kier molecular flexibility index (Phi) is 5.08. The summed E-state index contributed by atoms with van der Waals surface area (Å²) in [5, 5.41) is 16.3. The van der Waals surface area contributed by atoms with Gasteiger partial charge in [0.05, 0.1) is 29.8 Å². The maximum absolute atomic E-state index is 14.7. The normalized spacial score (nSPS) is 14.6. The van der Waals surface area contributed by atoms with Gasteiger partial charge in [-0.1, -0.05) is 17.7 Å². The highest BCUT2D eigenvalue weighted by Crippen LogP contribution is 2.36. The van der Waals surface area contributed by atoms with Gasteiger partial charge in [0, 0.05) is 16.7 Å². The summed E-state index contributed by atoms with van der Waals surface area (Å²) in [7, 11) is 0. The van der Waals surface area contributed by atoms with Crippen LogP contribution in [0.15, 0.2) is 60.2 Å². The second-order valence-electron chi connectivity index (χ2n) is 6.94. The van der Waals surface area contributed by atoms with Crippen LogP contribution in [0.5, 0.6) is 0 Å². The van der Waals surface area contributed by atoms with E-state index >= 15 is 0 Å². The standard InChI is InChI=1S/C20H16ClF2N5O2/c1-12(28-11-25-18-6-13(21)2-4-15(18)19(28)29)20(30,8-27-10-24-9-26-27)16-5-3-14(22)7-17(16)23/h2-7,9-12,30H,8H2,1H3/t12-,20-/m0/s1. The molecule has 2 aromatic heterocycles. The summed E-state index contributed by atoms with van der Waals surface area (Å²) in [6.07, 6.45) is 3.88. The topological polar surface area (TPSA) is 85.8 Å². The van der Waals surface area contributed by atoms with Gasteiger partial charge in [-0.25, -0.2) is 23.4 Å². The number of benzene rings is 2. The molecule has 1 N–H and O–H groups in total. The third-order valence-electron chi connectivity index (χ3n) is 5.12. The Labute approximate surface area is 174 Å². The summed E-state index contributed by atoms with van der Waals surface area (Å²) in [4.78, 5) is 21.2. The first-order valence-corrected chi connectivity index (χ1v) is 9.34. The van der Waals surface area contributed by atoms with Crippen molar-refractivity contribution in [2.75, 3.05) is 0 Å². The predicted octanol–water partition coefficient (Wildman–Crippen LogP) is 3.07. The molecule has 0 saturated heterocycles. The fourth-order valence-corrected chi connectivity index (χ4v) is 3.62. The van der Waals surface area contributed by atoms with Crippen molar-refractivity contribution in [2.24, 2.45) is 0 Å². The first-order valence-electron chi connectivity index (χ1n) is 8.96. The fourth-order valence-electron chi connectivity index (χ4n) is 3.46.